The van der Waals surface area contributed by atoms with Crippen LogP contribution in [0.4, 0.5) is 0 Å². The molecular weight excluding hydrogens is 340 g/mol. The quantitative estimate of drug-likeness (QED) is 0.553. The highest BCUT2D eigenvalue weighted by atomic mass is 16.5. The van der Waals surface area contributed by atoms with Crippen LogP contribution in [0, 0.1) is 0 Å². The van der Waals surface area contributed by atoms with Crippen LogP contribution in [-0.4, -0.2) is 51.2 Å². The maximum absolute atomic E-state index is 5.68. The van der Waals surface area contributed by atoms with E-state index < -0.39 is 0 Å². The Kier molecular flexibility index (Phi) is 7.16. The second-order valence-corrected chi connectivity index (χ2v) is 6.76. The topological polar surface area (TPSA) is 62.0 Å². The summed E-state index contributed by atoms with van der Waals surface area (Å²) < 4.78 is 11.0. The number of rotatable bonds is 8. The van der Waals surface area contributed by atoms with Crippen molar-refractivity contribution in [3.8, 4) is 5.75 Å². The van der Waals surface area contributed by atoms with E-state index in [2.05, 4.69) is 38.7 Å². The Morgan fingerprint density at radius 1 is 1.22 bits per heavy atom. The first kappa shape index (κ1) is 19.3. The standard InChI is InChI=1S/C21H30N4O2/c1-22-21(23-11-10-17-7-5-8-18(15-17)26-2)24-16-19(20-9-6-14-27-20)25-12-3-4-13-25/h5-9,14-15,19H,3-4,10-13,16H2,1-2H3,(H2,22,23,24). The van der Waals surface area contributed by atoms with E-state index in [1.165, 1.54) is 18.4 Å². The van der Waals surface area contributed by atoms with Gasteiger partial charge >= 0.3 is 0 Å². The van der Waals surface area contributed by atoms with E-state index in [0.29, 0.717) is 0 Å². The van der Waals surface area contributed by atoms with E-state index in [4.69, 9.17) is 9.15 Å². The molecule has 1 atom stereocenters. The average molecular weight is 370 g/mol. The van der Waals surface area contributed by atoms with Crippen molar-refractivity contribution >= 4 is 5.96 Å². The van der Waals surface area contributed by atoms with Gasteiger partial charge in [0.1, 0.15) is 11.5 Å². The maximum atomic E-state index is 5.68. The number of methoxy groups -OCH3 is 1. The second kappa shape index (κ2) is 10.0. The number of guanidine groups is 1. The molecule has 1 unspecified atom stereocenters. The normalized spacial score (nSPS) is 16.3. The smallest absolute Gasteiger partial charge is 0.191 e. The van der Waals surface area contributed by atoms with Crippen molar-refractivity contribution in [1.29, 1.82) is 0 Å². The number of aliphatic imine (C=N–C) groups is 1. The summed E-state index contributed by atoms with van der Waals surface area (Å²) in [6.07, 6.45) is 5.17. The Hall–Kier alpha value is -2.47. The molecule has 2 aromatic rings. The summed E-state index contributed by atoms with van der Waals surface area (Å²) in [6.45, 7) is 3.82. The minimum absolute atomic E-state index is 0.236. The van der Waals surface area contributed by atoms with Crippen LogP contribution in [0.25, 0.3) is 0 Å². The number of likely N-dealkylation sites (tertiary alicyclic amines) is 1. The Bertz CT molecular complexity index is 709. The molecule has 1 aromatic heterocycles. The van der Waals surface area contributed by atoms with E-state index >= 15 is 0 Å². The van der Waals surface area contributed by atoms with Crippen molar-refractivity contribution in [2.45, 2.75) is 25.3 Å². The van der Waals surface area contributed by atoms with Crippen LogP contribution in [0.1, 0.15) is 30.2 Å². The summed E-state index contributed by atoms with van der Waals surface area (Å²) in [6, 6.07) is 12.4. The lowest BCUT2D eigenvalue weighted by Gasteiger charge is -2.26. The van der Waals surface area contributed by atoms with Gasteiger partial charge in [-0.25, -0.2) is 0 Å². The van der Waals surface area contributed by atoms with Gasteiger partial charge in [0, 0.05) is 20.1 Å². The SMILES string of the molecule is CN=C(NCCc1cccc(OC)c1)NCC(c1ccco1)N1CCCC1. The minimum atomic E-state index is 0.236. The largest absolute Gasteiger partial charge is 0.497 e. The summed E-state index contributed by atoms with van der Waals surface area (Å²) in [7, 11) is 3.50. The maximum Gasteiger partial charge on any atom is 0.191 e. The molecule has 1 fully saturated rings. The molecule has 1 aliphatic heterocycles. The highest BCUT2D eigenvalue weighted by molar-refractivity contribution is 5.79. The molecule has 2 heterocycles. The first-order valence-electron chi connectivity index (χ1n) is 9.65. The van der Waals surface area contributed by atoms with Gasteiger partial charge in [0.25, 0.3) is 0 Å². The van der Waals surface area contributed by atoms with Crippen molar-refractivity contribution in [1.82, 2.24) is 15.5 Å². The zero-order valence-corrected chi connectivity index (χ0v) is 16.3. The summed E-state index contributed by atoms with van der Waals surface area (Å²) in [5, 5.41) is 6.85. The van der Waals surface area contributed by atoms with E-state index in [0.717, 1.165) is 50.1 Å². The van der Waals surface area contributed by atoms with E-state index in [9.17, 15) is 0 Å². The van der Waals surface area contributed by atoms with Crippen LogP contribution in [0.3, 0.4) is 0 Å². The predicted molar refractivity (Wildman–Crippen MR) is 108 cm³/mol. The number of ether oxygens (including phenoxy) is 1. The number of furan rings is 1. The van der Waals surface area contributed by atoms with Gasteiger partial charge in [-0.1, -0.05) is 12.1 Å². The van der Waals surface area contributed by atoms with Gasteiger partial charge in [-0.15, -0.1) is 0 Å². The lowest BCUT2D eigenvalue weighted by Crippen LogP contribution is -2.43. The number of hydrogen-bond donors (Lipinski definition) is 2. The van der Waals surface area contributed by atoms with Crippen LogP contribution in [0.15, 0.2) is 52.1 Å². The number of hydrogen-bond acceptors (Lipinski definition) is 4. The van der Waals surface area contributed by atoms with Gasteiger partial charge < -0.3 is 19.8 Å². The summed E-state index contributed by atoms with van der Waals surface area (Å²) in [5.74, 6) is 2.71. The molecule has 6 heteroatoms. The lowest BCUT2D eigenvalue weighted by molar-refractivity contribution is 0.215. The first-order chi connectivity index (χ1) is 13.3. The first-order valence-corrected chi connectivity index (χ1v) is 9.65. The Morgan fingerprint density at radius 3 is 2.78 bits per heavy atom. The highest BCUT2D eigenvalue weighted by Crippen LogP contribution is 2.24. The van der Waals surface area contributed by atoms with Gasteiger partial charge in [-0.2, -0.15) is 0 Å². The third kappa shape index (κ3) is 5.50. The van der Waals surface area contributed by atoms with Crippen LogP contribution in [0.5, 0.6) is 5.75 Å². The fraction of sp³-hybridized carbons (Fsp3) is 0.476. The van der Waals surface area contributed by atoms with Gasteiger partial charge in [-0.05, 0) is 62.2 Å². The molecule has 0 bridgehead atoms. The molecule has 27 heavy (non-hydrogen) atoms. The molecular formula is C21H30N4O2. The molecule has 0 radical (unpaired) electrons. The fourth-order valence-corrected chi connectivity index (χ4v) is 3.51. The van der Waals surface area contributed by atoms with Crippen LogP contribution >= 0.6 is 0 Å². The molecule has 2 N–H and O–H groups in total. The Labute approximate surface area is 161 Å². The van der Waals surface area contributed by atoms with E-state index in [1.54, 1.807) is 20.4 Å². The Morgan fingerprint density at radius 2 is 2.07 bits per heavy atom. The molecule has 0 aliphatic carbocycles. The van der Waals surface area contributed by atoms with E-state index in [1.807, 2.05) is 18.2 Å². The highest BCUT2D eigenvalue weighted by Gasteiger charge is 2.25. The minimum Gasteiger partial charge on any atom is -0.497 e. The Balaban J connectivity index is 1.50. The van der Waals surface area contributed by atoms with Gasteiger partial charge in [0.05, 0.1) is 19.4 Å². The van der Waals surface area contributed by atoms with Gasteiger partial charge in [0.15, 0.2) is 5.96 Å². The molecule has 1 saturated heterocycles. The summed E-state index contributed by atoms with van der Waals surface area (Å²) in [5.41, 5.74) is 1.24. The summed E-state index contributed by atoms with van der Waals surface area (Å²) >= 11 is 0. The molecule has 146 valence electrons. The summed E-state index contributed by atoms with van der Waals surface area (Å²) in [4.78, 5) is 6.83. The average Bonchev–Trinajstić information content (AvgIpc) is 3.41. The molecule has 6 nitrogen and oxygen atoms in total. The van der Waals surface area contributed by atoms with Crippen molar-refractivity contribution in [3.63, 3.8) is 0 Å². The second-order valence-electron chi connectivity index (χ2n) is 6.76. The zero-order chi connectivity index (χ0) is 18.9. The molecule has 0 saturated carbocycles. The zero-order valence-electron chi connectivity index (χ0n) is 16.3. The molecule has 0 spiro atoms. The third-order valence-electron chi connectivity index (χ3n) is 4.98. The molecule has 1 aliphatic rings. The number of benzene rings is 1. The lowest BCUT2D eigenvalue weighted by atomic mass is 10.1. The third-order valence-corrected chi connectivity index (χ3v) is 4.98. The number of nitrogens with zero attached hydrogens (tertiary/aromatic N) is 2. The van der Waals surface area contributed by atoms with Crippen molar-refractivity contribution in [2.75, 3.05) is 40.3 Å². The van der Waals surface area contributed by atoms with Gasteiger partial charge in [-0.3, -0.25) is 9.89 Å². The molecule has 0 amide bonds. The molecule has 3 rings (SSSR count). The molecule has 1 aromatic carbocycles. The van der Waals surface area contributed by atoms with Crippen LogP contribution in [0.2, 0.25) is 0 Å². The van der Waals surface area contributed by atoms with Crippen molar-refractivity contribution < 1.29 is 9.15 Å². The monoisotopic (exact) mass is 370 g/mol. The van der Waals surface area contributed by atoms with Crippen molar-refractivity contribution in [2.24, 2.45) is 4.99 Å². The van der Waals surface area contributed by atoms with Crippen LogP contribution in [-0.2, 0) is 6.42 Å². The van der Waals surface area contributed by atoms with Gasteiger partial charge in [0.2, 0.25) is 0 Å². The van der Waals surface area contributed by atoms with Crippen molar-refractivity contribution in [3.05, 3.63) is 54.0 Å². The predicted octanol–water partition coefficient (Wildman–Crippen LogP) is 2.83. The van der Waals surface area contributed by atoms with Crippen LogP contribution < -0.4 is 15.4 Å². The van der Waals surface area contributed by atoms with E-state index in [-0.39, 0.29) is 6.04 Å². The number of nitrogens with one attached hydrogen (secondary N) is 2. The fourth-order valence-electron chi connectivity index (χ4n) is 3.51.